The number of rotatable bonds is 9. The quantitative estimate of drug-likeness (QED) is 0.516. The average Bonchev–Trinajstić information content (AvgIpc) is 2.83. The smallest absolute Gasteiger partial charge is 0.254 e. The minimum atomic E-state index is 0.0643. The maximum atomic E-state index is 13.4. The molecule has 0 aromatic heterocycles. The maximum Gasteiger partial charge on any atom is 0.254 e. The van der Waals surface area contributed by atoms with Gasteiger partial charge in [-0.25, -0.2) is 0 Å². The van der Waals surface area contributed by atoms with Crippen molar-refractivity contribution < 1.29 is 23.7 Å². The zero-order chi connectivity index (χ0) is 23.1. The molecule has 1 amide bonds. The van der Waals surface area contributed by atoms with Gasteiger partial charge >= 0.3 is 0 Å². The predicted octanol–water partition coefficient (Wildman–Crippen LogP) is 5.47. The molecule has 6 nitrogen and oxygen atoms in total. The van der Waals surface area contributed by atoms with Gasteiger partial charge in [0.25, 0.3) is 5.91 Å². The first-order chi connectivity index (χ1) is 15.5. The Kier molecular flexibility index (Phi) is 8.26. The van der Waals surface area contributed by atoms with Crippen LogP contribution in [-0.4, -0.2) is 44.2 Å². The van der Waals surface area contributed by atoms with Crippen molar-refractivity contribution in [1.82, 2.24) is 4.90 Å². The van der Waals surface area contributed by atoms with Crippen LogP contribution in [0, 0.1) is 0 Å². The normalized spacial score (nSPS) is 14.2. The highest BCUT2D eigenvalue weighted by molar-refractivity contribution is 5.95. The van der Waals surface area contributed by atoms with E-state index >= 15 is 0 Å². The lowest BCUT2D eigenvalue weighted by molar-refractivity contribution is 0.0555. The van der Waals surface area contributed by atoms with Crippen LogP contribution in [0.15, 0.2) is 36.4 Å². The summed E-state index contributed by atoms with van der Waals surface area (Å²) in [5.74, 6) is 2.60. The van der Waals surface area contributed by atoms with E-state index in [2.05, 4.69) is 13.8 Å². The molecule has 0 aliphatic heterocycles. The molecule has 2 aromatic carbocycles. The Bertz CT molecular complexity index is 905. The molecule has 0 saturated heterocycles. The van der Waals surface area contributed by atoms with E-state index in [1.165, 1.54) is 19.3 Å². The number of amides is 1. The van der Waals surface area contributed by atoms with E-state index in [4.69, 9.17) is 18.9 Å². The highest BCUT2D eigenvalue weighted by atomic mass is 16.5. The van der Waals surface area contributed by atoms with Crippen LogP contribution in [0.3, 0.4) is 0 Å². The first-order valence-corrected chi connectivity index (χ1v) is 11.3. The summed E-state index contributed by atoms with van der Waals surface area (Å²) in [7, 11) is 4.81. The molecule has 0 atom stereocenters. The summed E-state index contributed by atoms with van der Waals surface area (Å²) in [5, 5.41) is 0. The monoisotopic (exact) mass is 441 g/mol. The summed E-state index contributed by atoms with van der Waals surface area (Å²) in [6.07, 6.45) is 5.80. The molecule has 0 spiro atoms. The maximum absolute atomic E-state index is 13.4. The lowest BCUT2D eigenvalue weighted by Crippen LogP contribution is -2.45. The topological polar surface area (TPSA) is 57.2 Å². The van der Waals surface area contributed by atoms with Gasteiger partial charge in [0.2, 0.25) is 0 Å². The van der Waals surface area contributed by atoms with Crippen LogP contribution >= 0.6 is 0 Å². The number of carbonyl (C=O) groups is 1. The Labute approximate surface area is 191 Å². The highest BCUT2D eigenvalue weighted by Gasteiger charge is 2.28. The number of benzene rings is 2. The van der Waals surface area contributed by atoms with Crippen LogP contribution in [0.25, 0.3) is 0 Å². The van der Waals surface area contributed by atoms with Crippen molar-refractivity contribution >= 4 is 5.91 Å². The molecule has 174 valence electrons. The lowest BCUT2D eigenvalue weighted by atomic mass is 9.92. The number of hydrogen-bond acceptors (Lipinski definition) is 5. The van der Waals surface area contributed by atoms with Crippen LogP contribution in [0.2, 0.25) is 0 Å². The van der Waals surface area contributed by atoms with E-state index in [9.17, 15) is 4.79 Å². The van der Waals surface area contributed by atoms with Gasteiger partial charge in [-0.15, -0.1) is 0 Å². The van der Waals surface area contributed by atoms with Crippen LogP contribution in [-0.2, 0) is 6.61 Å². The van der Waals surface area contributed by atoms with Crippen LogP contribution in [0.4, 0.5) is 0 Å². The predicted molar refractivity (Wildman–Crippen MR) is 125 cm³/mol. The fourth-order valence-corrected chi connectivity index (χ4v) is 4.38. The molecular formula is C26H35NO5. The molecule has 6 heteroatoms. The molecule has 32 heavy (non-hydrogen) atoms. The number of ether oxygens (including phenoxy) is 4. The molecule has 0 radical (unpaired) electrons. The number of hydrogen-bond donors (Lipinski definition) is 0. The molecule has 1 fully saturated rings. The van der Waals surface area contributed by atoms with Gasteiger partial charge in [-0.1, -0.05) is 25.3 Å². The second kappa shape index (κ2) is 11.1. The minimum Gasteiger partial charge on any atom is -0.497 e. The zero-order valence-electron chi connectivity index (χ0n) is 19.8. The summed E-state index contributed by atoms with van der Waals surface area (Å²) in [5.41, 5.74) is 1.50. The van der Waals surface area contributed by atoms with Gasteiger partial charge in [-0.05, 0) is 51.0 Å². The highest BCUT2D eigenvalue weighted by Crippen LogP contribution is 2.33. The van der Waals surface area contributed by atoms with Gasteiger partial charge in [0.05, 0.1) is 21.3 Å². The first-order valence-electron chi connectivity index (χ1n) is 11.3. The Hall–Kier alpha value is -2.89. The van der Waals surface area contributed by atoms with Crippen molar-refractivity contribution in [3.05, 3.63) is 47.5 Å². The molecule has 0 unspecified atom stereocenters. The first kappa shape index (κ1) is 23.8. The third-order valence-electron chi connectivity index (χ3n) is 6.05. The SMILES string of the molecule is COc1ccc(OCc2ccc(C(=O)N(C(C)C)C3CCCCC3)cc2OC)c(OC)c1. The Morgan fingerprint density at radius 2 is 1.62 bits per heavy atom. The lowest BCUT2D eigenvalue weighted by Gasteiger charge is -2.37. The van der Waals surface area contributed by atoms with Crippen LogP contribution in [0.1, 0.15) is 61.9 Å². The molecule has 2 aromatic rings. The van der Waals surface area contributed by atoms with Crippen molar-refractivity contribution in [3.8, 4) is 23.0 Å². The number of carbonyl (C=O) groups excluding carboxylic acids is 1. The molecule has 1 aliphatic carbocycles. The second-order valence-electron chi connectivity index (χ2n) is 8.43. The summed E-state index contributed by atoms with van der Waals surface area (Å²) in [6, 6.07) is 11.5. The van der Waals surface area contributed by atoms with Gasteiger partial charge in [-0.2, -0.15) is 0 Å². The van der Waals surface area contributed by atoms with Gasteiger partial charge < -0.3 is 23.8 Å². The van der Waals surface area contributed by atoms with Crippen molar-refractivity contribution in [2.24, 2.45) is 0 Å². The summed E-state index contributed by atoms with van der Waals surface area (Å²) >= 11 is 0. The molecular weight excluding hydrogens is 406 g/mol. The van der Waals surface area contributed by atoms with Crippen molar-refractivity contribution in [2.75, 3.05) is 21.3 Å². The fraction of sp³-hybridized carbons (Fsp3) is 0.500. The Balaban J connectivity index is 1.77. The van der Waals surface area contributed by atoms with E-state index in [1.54, 1.807) is 27.4 Å². The molecule has 1 saturated carbocycles. The molecule has 0 heterocycles. The summed E-state index contributed by atoms with van der Waals surface area (Å²) in [4.78, 5) is 15.4. The van der Waals surface area contributed by atoms with E-state index in [-0.39, 0.29) is 18.6 Å². The zero-order valence-corrected chi connectivity index (χ0v) is 19.8. The number of methoxy groups -OCH3 is 3. The Morgan fingerprint density at radius 1 is 0.906 bits per heavy atom. The van der Waals surface area contributed by atoms with Crippen molar-refractivity contribution in [1.29, 1.82) is 0 Å². The van der Waals surface area contributed by atoms with E-state index in [0.29, 0.717) is 34.6 Å². The Morgan fingerprint density at radius 3 is 2.25 bits per heavy atom. The van der Waals surface area contributed by atoms with E-state index in [0.717, 1.165) is 18.4 Å². The summed E-state index contributed by atoms with van der Waals surface area (Å²) in [6.45, 7) is 4.47. The van der Waals surface area contributed by atoms with Crippen molar-refractivity contribution in [2.45, 2.75) is 64.6 Å². The third kappa shape index (κ3) is 5.47. The van der Waals surface area contributed by atoms with Gasteiger partial charge in [0.15, 0.2) is 11.5 Å². The van der Waals surface area contributed by atoms with Gasteiger partial charge in [0.1, 0.15) is 18.1 Å². The number of nitrogens with zero attached hydrogens (tertiary/aromatic N) is 1. The summed E-state index contributed by atoms with van der Waals surface area (Å²) < 4.78 is 22.2. The van der Waals surface area contributed by atoms with E-state index in [1.807, 2.05) is 35.2 Å². The second-order valence-corrected chi connectivity index (χ2v) is 8.43. The van der Waals surface area contributed by atoms with Crippen LogP contribution < -0.4 is 18.9 Å². The standard InChI is InChI=1S/C26H35NO5/c1-18(2)27(21-9-7-6-8-10-21)26(28)19-11-12-20(24(15-19)30-4)17-32-23-14-13-22(29-3)16-25(23)31-5/h11-16,18,21H,6-10,17H2,1-5H3. The third-order valence-corrected chi connectivity index (χ3v) is 6.05. The molecule has 3 rings (SSSR count). The van der Waals surface area contributed by atoms with Gasteiger partial charge in [-0.3, -0.25) is 4.79 Å². The van der Waals surface area contributed by atoms with Gasteiger partial charge in [0, 0.05) is 29.3 Å². The van der Waals surface area contributed by atoms with Crippen LogP contribution in [0.5, 0.6) is 23.0 Å². The molecule has 0 N–H and O–H groups in total. The average molecular weight is 442 g/mol. The fourth-order valence-electron chi connectivity index (χ4n) is 4.38. The van der Waals surface area contributed by atoms with Crippen molar-refractivity contribution in [3.63, 3.8) is 0 Å². The van der Waals surface area contributed by atoms with E-state index < -0.39 is 0 Å². The largest absolute Gasteiger partial charge is 0.497 e. The molecule has 0 bridgehead atoms. The molecule has 1 aliphatic rings. The minimum absolute atomic E-state index is 0.0643.